The third-order valence-corrected chi connectivity index (χ3v) is 7.08. The molecule has 1 aromatic carbocycles. The highest BCUT2D eigenvalue weighted by molar-refractivity contribution is 6.36. The van der Waals surface area contributed by atoms with Crippen molar-refractivity contribution in [1.82, 2.24) is 14.8 Å². The van der Waals surface area contributed by atoms with Gasteiger partial charge >= 0.3 is 6.09 Å². The second-order valence-electron chi connectivity index (χ2n) is 8.96. The van der Waals surface area contributed by atoms with E-state index >= 15 is 0 Å². The average molecular weight is 468 g/mol. The predicted octanol–water partition coefficient (Wildman–Crippen LogP) is 5.38. The Hall–Kier alpha value is -2.35. The molecule has 1 aliphatic carbocycles. The van der Waals surface area contributed by atoms with Gasteiger partial charge in [0.2, 0.25) is 5.92 Å². The first-order valence-electron chi connectivity index (χ1n) is 11.2. The summed E-state index contributed by atoms with van der Waals surface area (Å²) in [7, 11) is 0. The van der Waals surface area contributed by atoms with Gasteiger partial charge in [-0.15, -0.1) is 0 Å². The summed E-state index contributed by atoms with van der Waals surface area (Å²) in [5.74, 6) is -2.85. The summed E-state index contributed by atoms with van der Waals surface area (Å²) >= 11 is 6.44. The van der Waals surface area contributed by atoms with E-state index in [4.69, 9.17) is 11.6 Å². The molecule has 2 aromatic rings. The Kier molecular flexibility index (Phi) is 6.60. The molecule has 1 saturated heterocycles. The third kappa shape index (κ3) is 4.85. The zero-order chi connectivity index (χ0) is 22.9. The third-order valence-electron chi connectivity index (χ3n) is 6.77. The number of rotatable bonds is 5. The number of nitrogens with zero attached hydrogens (tertiary/aromatic N) is 2. The number of fused-ring (bicyclic) bond motifs is 1. The second kappa shape index (κ2) is 9.25. The average Bonchev–Trinajstić information content (AvgIpc) is 3.13. The van der Waals surface area contributed by atoms with Crippen LogP contribution in [0.1, 0.15) is 55.3 Å². The van der Waals surface area contributed by atoms with Crippen LogP contribution in [0.2, 0.25) is 5.02 Å². The Labute approximate surface area is 190 Å². The van der Waals surface area contributed by atoms with Gasteiger partial charge in [-0.1, -0.05) is 17.7 Å². The van der Waals surface area contributed by atoms with Crippen LogP contribution in [0.5, 0.6) is 0 Å². The lowest BCUT2D eigenvalue weighted by atomic mass is 9.87. The van der Waals surface area contributed by atoms with Gasteiger partial charge in [-0.2, -0.15) is 0 Å². The molecule has 2 heterocycles. The zero-order valence-electron chi connectivity index (χ0n) is 17.8. The van der Waals surface area contributed by atoms with E-state index in [1.54, 1.807) is 18.3 Å². The van der Waals surface area contributed by atoms with Crippen LogP contribution >= 0.6 is 11.6 Å². The van der Waals surface area contributed by atoms with Gasteiger partial charge in [-0.05, 0) is 50.2 Å². The summed E-state index contributed by atoms with van der Waals surface area (Å²) in [5.41, 5.74) is 1.19. The Morgan fingerprint density at radius 3 is 2.66 bits per heavy atom. The molecule has 32 heavy (non-hydrogen) atoms. The number of benzene rings is 1. The number of amides is 2. The van der Waals surface area contributed by atoms with Crippen molar-refractivity contribution in [2.45, 2.75) is 63.5 Å². The Morgan fingerprint density at radius 2 is 1.94 bits per heavy atom. The fourth-order valence-corrected chi connectivity index (χ4v) is 5.21. The maximum atomic E-state index is 13.4. The highest BCUT2D eigenvalue weighted by atomic mass is 35.5. The van der Waals surface area contributed by atoms with Gasteiger partial charge in [0.25, 0.3) is 5.91 Å². The predicted molar refractivity (Wildman–Crippen MR) is 119 cm³/mol. The van der Waals surface area contributed by atoms with Crippen LogP contribution in [-0.4, -0.2) is 51.6 Å². The van der Waals surface area contributed by atoms with Crippen molar-refractivity contribution < 1.29 is 23.5 Å². The number of alkyl halides is 2. The minimum absolute atomic E-state index is 0.0359. The van der Waals surface area contributed by atoms with Crippen molar-refractivity contribution >= 4 is 34.5 Å². The quantitative estimate of drug-likeness (QED) is 0.619. The summed E-state index contributed by atoms with van der Waals surface area (Å²) in [5, 5.41) is 13.5. The fraction of sp³-hybridized carbons (Fsp3) is 0.565. The smallest absolute Gasteiger partial charge is 0.407 e. The number of carbonyl (C=O) groups is 2. The number of piperidine rings is 1. The minimum atomic E-state index is -2.59. The number of likely N-dealkylation sites (tertiary alicyclic amines) is 1. The molecule has 1 saturated carbocycles. The molecule has 0 bridgehead atoms. The molecule has 2 amide bonds. The highest BCUT2D eigenvalue weighted by Crippen LogP contribution is 2.36. The van der Waals surface area contributed by atoms with E-state index in [0.29, 0.717) is 48.4 Å². The van der Waals surface area contributed by atoms with Crippen molar-refractivity contribution in [1.29, 1.82) is 0 Å². The van der Waals surface area contributed by atoms with E-state index in [0.717, 1.165) is 24.8 Å². The molecule has 0 spiro atoms. The van der Waals surface area contributed by atoms with Crippen LogP contribution in [0.4, 0.5) is 13.6 Å². The number of hydrogen-bond acceptors (Lipinski definition) is 2. The van der Waals surface area contributed by atoms with E-state index in [2.05, 4.69) is 5.32 Å². The topological polar surface area (TPSA) is 74.6 Å². The summed E-state index contributed by atoms with van der Waals surface area (Å²) in [6.07, 6.45) is 3.88. The maximum absolute atomic E-state index is 13.4. The molecule has 9 heteroatoms. The standard InChI is InChI=1S/C23H28ClF2N3O3/c24-18-5-3-6-19-20(18)17(21(30)27-12-15-7-9-23(25,26)10-8-15)14-28(19)13-16-4-1-2-11-29(16)22(31)32/h3,5-6,14-16H,1-2,4,7-13H2,(H,27,30)(H,31,32). The molecule has 1 aromatic heterocycles. The molecule has 4 rings (SSSR count). The van der Waals surface area contributed by atoms with Crippen LogP contribution in [-0.2, 0) is 6.54 Å². The van der Waals surface area contributed by atoms with Crippen molar-refractivity contribution in [3.05, 3.63) is 35.0 Å². The molecule has 1 unspecified atom stereocenters. The number of carbonyl (C=O) groups excluding carboxylic acids is 1. The number of halogens is 3. The van der Waals surface area contributed by atoms with Gasteiger partial charge in [0, 0.05) is 44.1 Å². The number of hydrogen-bond donors (Lipinski definition) is 2. The molecular formula is C23H28ClF2N3O3. The fourth-order valence-electron chi connectivity index (χ4n) is 4.94. The number of aromatic nitrogens is 1. The normalized spacial score (nSPS) is 21.6. The molecule has 0 radical (unpaired) electrons. The lowest BCUT2D eigenvalue weighted by molar-refractivity contribution is -0.0452. The maximum Gasteiger partial charge on any atom is 0.407 e. The molecule has 2 N–H and O–H groups in total. The number of nitrogens with one attached hydrogen (secondary N) is 1. The molecule has 2 fully saturated rings. The molecule has 2 aliphatic rings. The second-order valence-corrected chi connectivity index (χ2v) is 9.37. The summed E-state index contributed by atoms with van der Waals surface area (Å²) in [6, 6.07) is 5.23. The van der Waals surface area contributed by atoms with Gasteiger partial charge in [0.1, 0.15) is 0 Å². The molecule has 1 atom stereocenters. The number of carboxylic acid groups (broad SMARTS) is 1. The van der Waals surface area contributed by atoms with Crippen molar-refractivity contribution in [3.63, 3.8) is 0 Å². The van der Waals surface area contributed by atoms with Gasteiger partial charge in [-0.25, -0.2) is 13.6 Å². The SMILES string of the molecule is O=C(NCC1CCC(F)(F)CC1)c1cn(CC2CCCCN2C(=O)O)c2cccc(Cl)c12. The van der Waals surface area contributed by atoms with E-state index < -0.39 is 12.0 Å². The lowest BCUT2D eigenvalue weighted by Crippen LogP contribution is -2.45. The molecule has 174 valence electrons. The van der Waals surface area contributed by atoms with Crippen LogP contribution in [0.3, 0.4) is 0 Å². The van der Waals surface area contributed by atoms with Crippen molar-refractivity contribution in [2.75, 3.05) is 13.1 Å². The zero-order valence-corrected chi connectivity index (χ0v) is 18.6. The van der Waals surface area contributed by atoms with E-state index in [1.165, 1.54) is 4.90 Å². The van der Waals surface area contributed by atoms with Crippen LogP contribution in [0, 0.1) is 5.92 Å². The lowest BCUT2D eigenvalue weighted by Gasteiger charge is -2.33. The molecular weight excluding hydrogens is 440 g/mol. The summed E-state index contributed by atoms with van der Waals surface area (Å²) in [4.78, 5) is 26.1. The van der Waals surface area contributed by atoms with Gasteiger partial charge in [-0.3, -0.25) is 4.79 Å². The monoisotopic (exact) mass is 467 g/mol. The van der Waals surface area contributed by atoms with Gasteiger partial charge in [0.05, 0.1) is 22.1 Å². The molecule has 6 nitrogen and oxygen atoms in total. The highest BCUT2D eigenvalue weighted by Gasteiger charge is 2.35. The van der Waals surface area contributed by atoms with E-state index in [1.807, 2.05) is 10.6 Å². The Balaban J connectivity index is 1.53. The molecule has 1 aliphatic heterocycles. The van der Waals surface area contributed by atoms with E-state index in [9.17, 15) is 23.5 Å². The van der Waals surface area contributed by atoms with E-state index in [-0.39, 0.29) is 30.7 Å². The van der Waals surface area contributed by atoms with Crippen LogP contribution < -0.4 is 5.32 Å². The first-order chi connectivity index (χ1) is 15.2. The minimum Gasteiger partial charge on any atom is -0.465 e. The first kappa shape index (κ1) is 22.8. The Morgan fingerprint density at radius 1 is 1.19 bits per heavy atom. The van der Waals surface area contributed by atoms with Crippen LogP contribution in [0.25, 0.3) is 10.9 Å². The van der Waals surface area contributed by atoms with Crippen molar-refractivity contribution in [3.8, 4) is 0 Å². The van der Waals surface area contributed by atoms with Crippen LogP contribution in [0.15, 0.2) is 24.4 Å². The Bertz CT molecular complexity index is 1000. The summed E-state index contributed by atoms with van der Waals surface area (Å²) < 4.78 is 28.7. The van der Waals surface area contributed by atoms with Gasteiger partial charge in [0.15, 0.2) is 0 Å². The largest absolute Gasteiger partial charge is 0.465 e. The summed E-state index contributed by atoms with van der Waals surface area (Å²) in [6.45, 7) is 1.29. The van der Waals surface area contributed by atoms with Gasteiger partial charge < -0.3 is 19.9 Å². The van der Waals surface area contributed by atoms with Crippen molar-refractivity contribution in [2.24, 2.45) is 5.92 Å². The first-order valence-corrected chi connectivity index (χ1v) is 11.6.